The molecule has 1 amide bonds. The van der Waals surface area contributed by atoms with Crippen LogP contribution in [-0.2, 0) is 4.79 Å². The zero-order chi connectivity index (χ0) is 16.4. The van der Waals surface area contributed by atoms with Crippen LogP contribution in [0.5, 0.6) is 0 Å². The van der Waals surface area contributed by atoms with Gasteiger partial charge in [-0.1, -0.05) is 24.3 Å². The van der Waals surface area contributed by atoms with Crippen molar-refractivity contribution < 1.29 is 14.4 Å². The first-order valence-corrected chi connectivity index (χ1v) is 7.40. The van der Waals surface area contributed by atoms with E-state index in [4.69, 9.17) is 0 Å². The van der Waals surface area contributed by atoms with Gasteiger partial charge < -0.3 is 4.90 Å². The molecule has 0 radical (unpaired) electrons. The smallest absolute Gasteiger partial charge is 0.233 e. The monoisotopic (exact) mass is 308 g/mol. The molecule has 1 atom stereocenters. The number of aldehydes is 1. The second-order valence-corrected chi connectivity index (χ2v) is 5.67. The number of rotatable bonds is 4. The molecule has 2 aromatic rings. The Bertz CT molecular complexity index is 768. The van der Waals surface area contributed by atoms with Crippen LogP contribution in [0, 0.1) is 5.92 Å². The molecule has 5 heteroatoms. The van der Waals surface area contributed by atoms with E-state index in [2.05, 4.69) is 4.98 Å². The van der Waals surface area contributed by atoms with Gasteiger partial charge in [-0.3, -0.25) is 19.4 Å². The molecule has 1 unspecified atom stereocenters. The van der Waals surface area contributed by atoms with Gasteiger partial charge in [-0.15, -0.1) is 0 Å². The third-order valence-corrected chi connectivity index (χ3v) is 4.15. The molecule has 3 rings (SSSR count). The van der Waals surface area contributed by atoms with Crippen LogP contribution < -0.4 is 0 Å². The summed E-state index contributed by atoms with van der Waals surface area (Å²) in [5, 5.41) is 0. The first-order valence-electron chi connectivity index (χ1n) is 7.40. The van der Waals surface area contributed by atoms with Crippen molar-refractivity contribution in [3.05, 3.63) is 53.9 Å². The maximum absolute atomic E-state index is 12.6. The van der Waals surface area contributed by atoms with Crippen molar-refractivity contribution in [2.45, 2.75) is 6.42 Å². The van der Waals surface area contributed by atoms with Crippen LogP contribution in [0.4, 0.5) is 0 Å². The largest absolute Gasteiger partial charge is 0.345 e. The molecule has 0 bridgehead atoms. The lowest BCUT2D eigenvalue weighted by Crippen LogP contribution is -2.27. The third kappa shape index (κ3) is 2.90. The summed E-state index contributed by atoms with van der Waals surface area (Å²) < 4.78 is 0. The fraction of sp³-hybridized carbons (Fsp3) is 0.222. The maximum atomic E-state index is 12.6. The first-order chi connectivity index (χ1) is 11.1. The maximum Gasteiger partial charge on any atom is 0.233 e. The Hall–Kier alpha value is -2.82. The zero-order valence-electron chi connectivity index (χ0n) is 12.7. The normalized spacial score (nSPS) is 17.3. The summed E-state index contributed by atoms with van der Waals surface area (Å²) in [6.07, 6.45) is 4.49. The zero-order valence-corrected chi connectivity index (χ0v) is 12.7. The minimum absolute atomic E-state index is 0.129. The molecular formula is C18H16N2O3. The van der Waals surface area contributed by atoms with Gasteiger partial charge in [0.2, 0.25) is 5.91 Å². The number of amides is 1. The quantitative estimate of drug-likeness (QED) is 0.493. The molecule has 1 saturated heterocycles. The van der Waals surface area contributed by atoms with Gasteiger partial charge in [-0.05, 0) is 18.1 Å². The average molecular weight is 308 g/mol. The number of pyridine rings is 1. The van der Waals surface area contributed by atoms with Crippen molar-refractivity contribution in [2.24, 2.45) is 5.92 Å². The van der Waals surface area contributed by atoms with Crippen molar-refractivity contribution in [1.82, 2.24) is 9.88 Å². The number of ketones is 1. The Morgan fingerprint density at radius 1 is 1.22 bits per heavy atom. The predicted octanol–water partition coefficient (Wildman–Crippen LogP) is 2.22. The highest BCUT2D eigenvalue weighted by Crippen LogP contribution is 2.24. The molecule has 1 aliphatic rings. The van der Waals surface area contributed by atoms with Gasteiger partial charge in [-0.25, -0.2) is 0 Å². The molecule has 1 aromatic carbocycles. The van der Waals surface area contributed by atoms with Crippen molar-refractivity contribution in [2.75, 3.05) is 13.6 Å². The van der Waals surface area contributed by atoms with E-state index in [1.807, 2.05) is 12.1 Å². The fourth-order valence-corrected chi connectivity index (χ4v) is 2.75. The van der Waals surface area contributed by atoms with Gasteiger partial charge in [0.25, 0.3) is 0 Å². The predicted molar refractivity (Wildman–Crippen MR) is 85.1 cm³/mol. The van der Waals surface area contributed by atoms with Gasteiger partial charge in [0.1, 0.15) is 12.2 Å². The molecule has 2 heterocycles. The van der Waals surface area contributed by atoms with E-state index < -0.39 is 5.92 Å². The van der Waals surface area contributed by atoms with Crippen molar-refractivity contribution in [3.8, 4) is 11.1 Å². The lowest BCUT2D eigenvalue weighted by Gasteiger charge is -2.10. The Morgan fingerprint density at radius 3 is 2.57 bits per heavy atom. The topological polar surface area (TPSA) is 67.3 Å². The van der Waals surface area contributed by atoms with Gasteiger partial charge >= 0.3 is 0 Å². The van der Waals surface area contributed by atoms with E-state index in [9.17, 15) is 14.4 Å². The SMILES string of the molecule is CN1CCC(C(=O)c2cncc(-c3ccc(C=O)cc3)c2)C1=O. The molecule has 0 saturated carbocycles. The number of Topliss-reactive ketones (excluding diaryl/α,β-unsaturated/α-hetero) is 1. The van der Waals surface area contributed by atoms with Crippen LogP contribution >= 0.6 is 0 Å². The molecule has 1 fully saturated rings. The number of carbonyl (C=O) groups is 3. The molecule has 0 N–H and O–H groups in total. The highest BCUT2D eigenvalue weighted by Gasteiger charge is 2.35. The second kappa shape index (κ2) is 6.12. The number of hydrogen-bond donors (Lipinski definition) is 0. The van der Waals surface area contributed by atoms with Crippen LogP contribution in [0.25, 0.3) is 11.1 Å². The van der Waals surface area contributed by atoms with E-state index in [0.717, 1.165) is 17.4 Å². The molecule has 0 aliphatic carbocycles. The van der Waals surface area contributed by atoms with Crippen LogP contribution in [0.2, 0.25) is 0 Å². The molecule has 1 aromatic heterocycles. The van der Waals surface area contributed by atoms with Crippen molar-refractivity contribution in [1.29, 1.82) is 0 Å². The molecule has 116 valence electrons. The van der Waals surface area contributed by atoms with E-state index in [-0.39, 0.29) is 11.7 Å². The second-order valence-electron chi connectivity index (χ2n) is 5.67. The number of likely N-dealkylation sites (tertiary alicyclic amines) is 1. The van der Waals surface area contributed by atoms with Gasteiger partial charge in [0, 0.05) is 42.7 Å². The number of benzene rings is 1. The lowest BCUT2D eigenvalue weighted by molar-refractivity contribution is -0.128. The summed E-state index contributed by atoms with van der Waals surface area (Å²) in [5.41, 5.74) is 2.68. The van der Waals surface area contributed by atoms with Crippen molar-refractivity contribution >= 4 is 18.0 Å². The van der Waals surface area contributed by atoms with Crippen LogP contribution in [0.15, 0.2) is 42.7 Å². The summed E-state index contributed by atoms with van der Waals surface area (Å²) in [7, 11) is 1.71. The van der Waals surface area contributed by atoms with Gasteiger partial charge in [-0.2, -0.15) is 0 Å². The Morgan fingerprint density at radius 2 is 1.96 bits per heavy atom. The van der Waals surface area contributed by atoms with Crippen LogP contribution in [-0.4, -0.2) is 41.5 Å². The summed E-state index contributed by atoms with van der Waals surface area (Å²) >= 11 is 0. The number of nitrogens with zero attached hydrogens (tertiary/aromatic N) is 2. The summed E-state index contributed by atoms with van der Waals surface area (Å²) in [4.78, 5) is 41.0. The molecule has 23 heavy (non-hydrogen) atoms. The Kier molecular flexibility index (Phi) is 4.02. The van der Waals surface area contributed by atoms with E-state index in [0.29, 0.717) is 24.1 Å². The number of aromatic nitrogens is 1. The highest BCUT2D eigenvalue weighted by atomic mass is 16.2. The standard InChI is InChI=1S/C18H16N2O3/c1-20-7-6-16(18(20)23)17(22)15-8-14(9-19-10-15)13-4-2-12(11-21)3-5-13/h2-5,8-11,16H,6-7H2,1H3. The van der Waals surface area contributed by atoms with Gasteiger partial charge in [0.15, 0.2) is 5.78 Å². The summed E-state index contributed by atoms with van der Waals surface area (Å²) in [5.74, 6) is -0.913. The number of hydrogen-bond acceptors (Lipinski definition) is 4. The molecular weight excluding hydrogens is 292 g/mol. The Balaban J connectivity index is 1.88. The minimum Gasteiger partial charge on any atom is -0.345 e. The van der Waals surface area contributed by atoms with E-state index in [1.54, 1.807) is 36.3 Å². The minimum atomic E-state index is -0.602. The first kappa shape index (κ1) is 15.1. The lowest BCUT2D eigenvalue weighted by atomic mass is 9.95. The summed E-state index contributed by atoms with van der Waals surface area (Å²) in [6.45, 7) is 0.607. The molecule has 5 nitrogen and oxygen atoms in total. The Labute approximate surface area is 134 Å². The molecule has 1 aliphatic heterocycles. The van der Waals surface area contributed by atoms with Gasteiger partial charge in [0.05, 0.1) is 0 Å². The van der Waals surface area contributed by atoms with Crippen LogP contribution in [0.1, 0.15) is 27.1 Å². The van der Waals surface area contributed by atoms with E-state index in [1.165, 1.54) is 6.20 Å². The molecule has 0 spiro atoms. The van der Waals surface area contributed by atoms with Crippen LogP contribution in [0.3, 0.4) is 0 Å². The fourth-order valence-electron chi connectivity index (χ4n) is 2.75. The average Bonchev–Trinajstić information content (AvgIpc) is 2.93. The van der Waals surface area contributed by atoms with Crippen molar-refractivity contribution in [3.63, 3.8) is 0 Å². The van der Waals surface area contributed by atoms with E-state index >= 15 is 0 Å². The summed E-state index contributed by atoms with van der Waals surface area (Å²) in [6, 6.07) is 8.79. The third-order valence-electron chi connectivity index (χ3n) is 4.15. The highest BCUT2D eigenvalue weighted by molar-refractivity contribution is 6.11. The number of carbonyl (C=O) groups excluding carboxylic acids is 3.